The first-order valence-corrected chi connectivity index (χ1v) is 11.1. The number of fused-ring (bicyclic) bond motifs is 2. The van der Waals surface area contributed by atoms with Gasteiger partial charge in [-0.1, -0.05) is 48.5 Å². The maximum atomic E-state index is 4.87. The molecule has 0 atom stereocenters. The zero-order valence-electron chi connectivity index (χ0n) is 19.8. The summed E-state index contributed by atoms with van der Waals surface area (Å²) in [7, 11) is 0. The molecule has 32 heavy (non-hydrogen) atoms. The van der Waals surface area contributed by atoms with E-state index in [0.29, 0.717) is 0 Å². The number of amidine groups is 2. The average molecular weight is 429 g/mol. The van der Waals surface area contributed by atoms with Gasteiger partial charge in [0, 0.05) is 11.1 Å². The number of hydrogen-bond donors (Lipinski definition) is 2. The minimum absolute atomic E-state index is 0.163. The summed E-state index contributed by atoms with van der Waals surface area (Å²) in [6, 6.07) is 16.7. The number of hydrogen-bond acceptors (Lipinski definition) is 6. The maximum absolute atomic E-state index is 4.87. The Morgan fingerprint density at radius 1 is 0.688 bits per heavy atom. The number of rotatable bonds is 3. The van der Waals surface area contributed by atoms with Crippen molar-refractivity contribution in [2.75, 3.05) is 0 Å². The maximum Gasteiger partial charge on any atom is 0.149 e. The molecule has 2 N–H and O–H groups in total. The molecule has 0 amide bonds. The monoisotopic (exact) mass is 428 g/mol. The summed E-state index contributed by atoms with van der Waals surface area (Å²) in [6.45, 7) is 12.4. The quantitative estimate of drug-likeness (QED) is 0.559. The van der Waals surface area contributed by atoms with Crippen molar-refractivity contribution >= 4 is 23.1 Å². The van der Waals surface area contributed by atoms with E-state index >= 15 is 0 Å². The fourth-order valence-electron chi connectivity index (χ4n) is 4.15. The van der Waals surface area contributed by atoms with E-state index in [-0.39, 0.29) is 11.1 Å². The molecule has 2 aliphatic rings. The van der Waals surface area contributed by atoms with E-state index in [2.05, 4.69) is 85.1 Å². The highest BCUT2D eigenvalue weighted by molar-refractivity contribution is 6.40. The third-order valence-electron chi connectivity index (χ3n) is 5.80. The minimum Gasteiger partial charge on any atom is -0.261 e. The largest absolute Gasteiger partial charge is 0.261 e. The topological polar surface area (TPSA) is 73.5 Å². The van der Waals surface area contributed by atoms with Gasteiger partial charge in [0.25, 0.3) is 0 Å². The average Bonchev–Trinajstić information content (AvgIpc) is 2.73. The zero-order valence-corrected chi connectivity index (χ0v) is 19.8. The van der Waals surface area contributed by atoms with E-state index in [0.717, 1.165) is 47.1 Å². The Kier molecular flexibility index (Phi) is 5.71. The number of aliphatic imine (C=N–C) groups is 2. The third-order valence-corrected chi connectivity index (χ3v) is 5.80. The molecule has 4 rings (SSSR count). The van der Waals surface area contributed by atoms with Crippen LogP contribution >= 0.6 is 0 Å². The third kappa shape index (κ3) is 4.79. The molecule has 2 heterocycles. The van der Waals surface area contributed by atoms with Crippen LogP contribution in [0.2, 0.25) is 0 Å². The molecule has 2 aromatic carbocycles. The Bertz CT molecular complexity index is 1060. The van der Waals surface area contributed by atoms with Crippen molar-refractivity contribution in [2.45, 2.75) is 65.5 Å². The molecule has 0 fully saturated rings. The number of benzene rings is 2. The van der Waals surface area contributed by atoms with Gasteiger partial charge in [-0.15, -0.1) is 0 Å². The molecule has 6 nitrogen and oxygen atoms in total. The van der Waals surface area contributed by atoms with Crippen molar-refractivity contribution < 1.29 is 0 Å². The van der Waals surface area contributed by atoms with E-state index in [1.807, 2.05) is 26.0 Å². The Morgan fingerprint density at radius 2 is 1.06 bits per heavy atom. The number of hydrazone groups is 2. The van der Waals surface area contributed by atoms with Gasteiger partial charge in [-0.05, 0) is 65.5 Å². The lowest BCUT2D eigenvalue weighted by molar-refractivity contribution is 0.509. The molecular weight excluding hydrogens is 396 g/mol. The van der Waals surface area contributed by atoms with E-state index in [1.165, 1.54) is 11.1 Å². The van der Waals surface area contributed by atoms with E-state index in [1.54, 1.807) is 0 Å². The molecule has 0 saturated heterocycles. The van der Waals surface area contributed by atoms with Gasteiger partial charge < -0.3 is 0 Å². The lowest BCUT2D eigenvalue weighted by Gasteiger charge is -2.28. The van der Waals surface area contributed by atoms with Crippen molar-refractivity contribution in [3.05, 3.63) is 70.8 Å². The van der Waals surface area contributed by atoms with Gasteiger partial charge in [0.1, 0.15) is 11.7 Å². The molecule has 0 bridgehead atoms. The van der Waals surface area contributed by atoms with E-state index in [9.17, 15) is 0 Å². The zero-order chi connectivity index (χ0) is 22.9. The first kappa shape index (κ1) is 21.9. The van der Waals surface area contributed by atoms with Crippen molar-refractivity contribution in [1.29, 1.82) is 0 Å². The predicted octanol–water partition coefficient (Wildman–Crippen LogP) is 4.48. The van der Waals surface area contributed by atoms with Crippen LogP contribution < -0.4 is 10.9 Å². The van der Waals surface area contributed by atoms with Gasteiger partial charge in [-0.3, -0.25) is 20.8 Å². The smallest absolute Gasteiger partial charge is 0.149 e. The van der Waals surface area contributed by atoms with Crippen LogP contribution in [0.25, 0.3) is 0 Å². The van der Waals surface area contributed by atoms with Gasteiger partial charge in [-0.2, -0.15) is 10.2 Å². The van der Waals surface area contributed by atoms with Crippen molar-refractivity contribution in [1.82, 2.24) is 10.9 Å². The molecular formula is C26H32N6. The van der Waals surface area contributed by atoms with Gasteiger partial charge in [0.05, 0.1) is 22.5 Å². The van der Waals surface area contributed by atoms with Crippen LogP contribution in [0, 0.1) is 0 Å². The van der Waals surface area contributed by atoms with E-state index < -0.39 is 0 Å². The Labute approximate surface area is 190 Å². The first-order chi connectivity index (χ1) is 15.1. The molecule has 0 unspecified atom stereocenters. The van der Waals surface area contributed by atoms with Gasteiger partial charge in [-0.25, -0.2) is 0 Å². The standard InChI is InChI=1S/C26H32N6/c1-17(29-31-23-21-13-9-7-11-19(21)15-25(3,4)27-23)18(2)30-32-24-22-14-10-8-12-20(22)16-26(5,6)28-24/h7-14H,15-16H2,1-6H3,(H,27,31)(H,28,32)/b29-17-,30-18+. The summed E-state index contributed by atoms with van der Waals surface area (Å²) >= 11 is 0. The van der Waals surface area contributed by atoms with Crippen LogP contribution in [0.1, 0.15) is 63.8 Å². The minimum atomic E-state index is -0.163. The highest BCUT2D eigenvalue weighted by Crippen LogP contribution is 2.27. The Balaban J connectivity index is 1.52. The second-order valence-corrected chi connectivity index (χ2v) is 9.83. The molecule has 6 heteroatoms. The molecule has 0 saturated carbocycles. The summed E-state index contributed by atoms with van der Waals surface area (Å²) in [5, 5.41) is 9.15. The molecule has 0 radical (unpaired) electrons. The number of nitrogens with one attached hydrogen (secondary N) is 2. The molecule has 0 aromatic heterocycles. The van der Waals surface area contributed by atoms with Crippen molar-refractivity contribution in [3.8, 4) is 0 Å². The summed E-state index contributed by atoms with van der Waals surface area (Å²) in [5.74, 6) is 1.59. The van der Waals surface area contributed by atoms with Gasteiger partial charge >= 0.3 is 0 Å². The molecule has 2 aromatic rings. The lowest BCUT2D eigenvalue weighted by atomic mass is 9.89. The Morgan fingerprint density at radius 3 is 1.47 bits per heavy atom. The van der Waals surface area contributed by atoms with Crippen LogP contribution in [0.3, 0.4) is 0 Å². The second kappa shape index (κ2) is 8.34. The SMILES string of the molecule is CC(=N/NC1=NC(C)(C)Cc2ccccc21)/C(C)=N/NC1=NC(C)(C)Cc2ccccc21. The second-order valence-electron chi connectivity index (χ2n) is 9.83. The molecule has 0 spiro atoms. The predicted molar refractivity (Wildman–Crippen MR) is 134 cm³/mol. The summed E-state index contributed by atoms with van der Waals surface area (Å²) in [6.07, 6.45) is 1.84. The van der Waals surface area contributed by atoms with Crippen LogP contribution in [0.4, 0.5) is 0 Å². The molecule has 166 valence electrons. The van der Waals surface area contributed by atoms with Gasteiger partial charge in [0.15, 0.2) is 0 Å². The highest BCUT2D eigenvalue weighted by Gasteiger charge is 2.27. The fraction of sp³-hybridized carbons (Fsp3) is 0.385. The highest BCUT2D eigenvalue weighted by atomic mass is 15.3. The normalized spacial score (nSPS) is 19.3. The first-order valence-electron chi connectivity index (χ1n) is 11.1. The van der Waals surface area contributed by atoms with E-state index in [4.69, 9.17) is 9.98 Å². The van der Waals surface area contributed by atoms with Crippen LogP contribution in [0.5, 0.6) is 0 Å². The lowest BCUT2D eigenvalue weighted by Crippen LogP contribution is -2.35. The molecule has 2 aliphatic heterocycles. The van der Waals surface area contributed by atoms with Crippen molar-refractivity contribution in [3.63, 3.8) is 0 Å². The summed E-state index contributed by atoms with van der Waals surface area (Å²) < 4.78 is 0. The fourth-order valence-corrected chi connectivity index (χ4v) is 4.15. The number of nitrogens with zero attached hydrogens (tertiary/aromatic N) is 4. The van der Waals surface area contributed by atoms with Crippen LogP contribution in [-0.2, 0) is 12.8 Å². The summed E-state index contributed by atoms with van der Waals surface area (Å²) in [5.41, 5.74) is 12.4. The van der Waals surface area contributed by atoms with Gasteiger partial charge in [0.2, 0.25) is 0 Å². The van der Waals surface area contributed by atoms with Crippen LogP contribution in [0.15, 0.2) is 68.7 Å². The van der Waals surface area contributed by atoms with Crippen molar-refractivity contribution in [2.24, 2.45) is 20.2 Å². The Hall–Kier alpha value is -3.28. The van der Waals surface area contributed by atoms with Crippen LogP contribution in [-0.4, -0.2) is 34.2 Å². The summed E-state index contributed by atoms with van der Waals surface area (Å²) in [4.78, 5) is 9.74. The molecule has 0 aliphatic carbocycles.